The molecule has 0 aliphatic heterocycles. The number of aliphatic carboxylic acids is 1. The quantitative estimate of drug-likeness (QED) is 0.0648. The second kappa shape index (κ2) is 14.2. The van der Waals surface area contributed by atoms with Gasteiger partial charge in [-0.2, -0.15) is 0 Å². The number of nitrogens with zero attached hydrogens (tertiary/aromatic N) is 1. The van der Waals surface area contributed by atoms with Gasteiger partial charge in [0, 0.05) is 30.1 Å². The summed E-state index contributed by atoms with van der Waals surface area (Å²) in [6.07, 6.45) is 1.43. The van der Waals surface area contributed by atoms with Crippen LogP contribution in [0.2, 0.25) is 0 Å². The van der Waals surface area contributed by atoms with E-state index in [0.29, 0.717) is 12.0 Å². The Morgan fingerprint density at radius 3 is 2.24 bits per heavy atom. The van der Waals surface area contributed by atoms with Gasteiger partial charge in [-0.25, -0.2) is 4.79 Å². The largest absolute Gasteiger partial charge is 0.480 e. The first-order chi connectivity index (χ1) is 18.0. The van der Waals surface area contributed by atoms with Gasteiger partial charge in [0.1, 0.15) is 18.1 Å². The number of fused-ring (bicyclic) bond motifs is 1. The molecule has 1 heterocycles. The molecule has 2 rings (SSSR count). The SMILES string of the molecule is NCC(=O)NC(CCCN=C(N)N)C(=O)NC(Cc1c[nH]c2ccccc12)C(=O)NC(CC(N)=O)C(=O)O. The number of aromatic amines is 1. The Bertz CT molecular complexity index is 1190. The predicted octanol–water partition coefficient (Wildman–Crippen LogP) is -2.86. The van der Waals surface area contributed by atoms with Crippen molar-refractivity contribution in [2.75, 3.05) is 13.1 Å². The van der Waals surface area contributed by atoms with Crippen LogP contribution in [0.3, 0.4) is 0 Å². The fourth-order valence-corrected chi connectivity index (χ4v) is 3.70. The number of benzene rings is 1. The minimum absolute atomic E-state index is 0.0317. The van der Waals surface area contributed by atoms with E-state index >= 15 is 0 Å². The van der Waals surface area contributed by atoms with E-state index in [9.17, 15) is 29.1 Å². The molecule has 0 radical (unpaired) electrons. The van der Waals surface area contributed by atoms with Crippen molar-refractivity contribution in [1.82, 2.24) is 20.9 Å². The molecular formula is C23H33N9O6. The van der Waals surface area contributed by atoms with E-state index in [2.05, 4.69) is 25.9 Å². The van der Waals surface area contributed by atoms with Crippen LogP contribution in [0.5, 0.6) is 0 Å². The number of H-pyrrole nitrogens is 1. The predicted molar refractivity (Wildman–Crippen MR) is 138 cm³/mol. The van der Waals surface area contributed by atoms with Crippen molar-refractivity contribution in [3.8, 4) is 0 Å². The molecule has 13 N–H and O–H groups in total. The van der Waals surface area contributed by atoms with Crippen LogP contribution < -0.4 is 38.9 Å². The lowest BCUT2D eigenvalue weighted by atomic mass is 10.0. The third-order valence-corrected chi connectivity index (χ3v) is 5.53. The normalized spacial score (nSPS) is 13.1. The number of carbonyl (C=O) groups is 5. The topological polar surface area (TPSA) is 274 Å². The number of aliphatic imine (C=N–C) groups is 1. The van der Waals surface area contributed by atoms with E-state index in [4.69, 9.17) is 22.9 Å². The van der Waals surface area contributed by atoms with Gasteiger partial charge in [-0.1, -0.05) is 18.2 Å². The van der Waals surface area contributed by atoms with Gasteiger partial charge in [0.2, 0.25) is 23.6 Å². The number of aromatic nitrogens is 1. The maximum absolute atomic E-state index is 13.2. The smallest absolute Gasteiger partial charge is 0.326 e. The van der Waals surface area contributed by atoms with Gasteiger partial charge in [0.25, 0.3) is 0 Å². The highest BCUT2D eigenvalue weighted by molar-refractivity contribution is 5.95. The highest BCUT2D eigenvalue weighted by Crippen LogP contribution is 2.19. The summed E-state index contributed by atoms with van der Waals surface area (Å²) in [5, 5.41) is 17.5. The average Bonchev–Trinajstić information content (AvgIpc) is 3.27. The number of carboxylic acid groups (broad SMARTS) is 1. The standard InChI is InChI=1S/C23H33N9O6/c24-10-19(34)30-15(6-3-7-28-23(26)27)20(35)31-16(21(36)32-17(22(37)38)9-18(25)33)8-12-11-29-14-5-2-1-4-13(12)14/h1-2,4-5,11,15-17,29H,3,6-10,24H2,(H2,25,33)(H,30,34)(H,31,35)(H,32,36)(H,37,38)(H4,26,27,28). The van der Waals surface area contributed by atoms with Gasteiger partial charge < -0.3 is 49.0 Å². The fraction of sp³-hybridized carbons (Fsp3) is 0.391. The molecule has 206 valence electrons. The zero-order valence-electron chi connectivity index (χ0n) is 20.6. The summed E-state index contributed by atoms with van der Waals surface area (Å²) in [7, 11) is 0. The maximum Gasteiger partial charge on any atom is 0.326 e. The van der Waals surface area contributed by atoms with Crippen molar-refractivity contribution in [3.05, 3.63) is 36.0 Å². The van der Waals surface area contributed by atoms with Crippen molar-refractivity contribution in [2.24, 2.45) is 27.9 Å². The second-order valence-electron chi connectivity index (χ2n) is 8.47. The summed E-state index contributed by atoms with van der Waals surface area (Å²) in [6.45, 7) is -0.179. The lowest BCUT2D eigenvalue weighted by Crippen LogP contribution is -2.57. The van der Waals surface area contributed by atoms with Crippen LogP contribution in [0, 0.1) is 0 Å². The molecule has 0 saturated heterocycles. The van der Waals surface area contributed by atoms with Crippen molar-refractivity contribution < 1.29 is 29.1 Å². The van der Waals surface area contributed by atoms with Gasteiger partial charge >= 0.3 is 5.97 Å². The molecule has 2 aromatic rings. The summed E-state index contributed by atoms with van der Waals surface area (Å²) < 4.78 is 0. The molecule has 3 atom stereocenters. The van der Waals surface area contributed by atoms with Crippen LogP contribution >= 0.6 is 0 Å². The number of amides is 4. The first-order valence-corrected chi connectivity index (χ1v) is 11.7. The third-order valence-electron chi connectivity index (χ3n) is 5.53. The van der Waals surface area contributed by atoms with Crippen molar-refractivity contribution in [2.45, 2.75) is 43.8 Å². The molecule has 0 aliphatic rings. The number of primary amides is 1. The molecule has 0 spiro atoms. The second-order valence-corrected chi connectivity index (χ2v) is 8.47. The number of carbonyl (C=O) groups excluding carboxylic acids is 4. The monoisotopic (exact) mass is 531 g/mol. The Labute approximate surface area is 217 Å². The average molecular weight is 532 g/mol. The van der Waals surface area contributed by atoms with Crippen LogP contribution in [0.25, 0.3) is 10.9 Å². The third kappa shape index (κ3) is 9.09. The molecule has 4 amide bonds. The lowest BCUT2D eigenvalue weighted by molar-refractivity contribution is -0.143. The first kappa shape index (κ1) is 29.6. The summed E-state index contributed by atoms with van der Waals surface area (Å²) in [5.41, 5.74) is 22.6. The molecule has 0 saturated carbocycles. The van der Waals surface area contributed by atoms with E-state index in [1.807, 2.05) is 18.2 Å². The fourth-order valence-electron chi connectivity index (χ4n) is 3.70. The molecule has 0 bridgehead atoms. The van der Waals surface area contributed by atoms with E-state index < -0.39 is 54.1 Å². The summed E-state index contributed by atoms with van der Waals surface area (Å²) in [5.74, 6) is -4.70. The zero-order valence-corrected chi connectivity index (χ0v) is 20.6. The van der Waals surface area contributed by atoms with Crippen LogP contribution in [0.15, 0.2) is 35.5 Å². The number of guanidine groups is 1. The lowest BCUT2D eigenvalue weighted by Gasteiger charge is -2.24. The molecule has 15 heteroatoms. The zero-order chi connectivity index (χ0) is 28.2. The highest BCUT2D eigenvalue weighted by Gasteiger charge is 2.30. The minimum atomic E-state index is -1.60. The number of nitrogens with one attached hydrogen (secondary N) is 4. The van der Waals surface area contributed by atoms with Gasteiger partial charge in [-0.05, 0) is 24.5 Å². The van der Waals surface area contributed by atoms with Gasteiger partial charge in [-0.3, -0.25) is 24.2 Å². The van der Waals surface area contributed by atoms with E-state index in [1.165, 1.54) is 0 Å². The van der Waals surface area contributed by atoms with E-state index in [-0.39, 0.29) is 31.9 Å². The molecule has 38 heavy (non-hydrogen) atoms. The summed E-state index contributed by atoms with van der Waals surface area (Å²) in [4.78, 5) is 68.1. The number of hydrogen-bond donors (Lipinski definition) is 9. The van der Waals surface area contributed by atoms with Crippen LogP contribution in [0.1, 0.15) is 24.8 Å². The van der Waals surface area contributed by atoms with Crippen LogP contribution in [0.4, 0.5) is 0 Å². The van der Waals surface area contributed by atoms with Crippen molar-refractivity contribution in [1.29, 1.82) is 0 Å². The van der Waals surface area contributed by atoms with E-state index in [1.54, 1.807) is 12.3 Å². The summed E-state index contributed by atoms with van der Waals surface area (Å²) >= 11 is 0. The molecule has 1 aromatic heterocycles. The summed E-state index contributed by atoms with van der Waals surface area (Å²) in [6, 6.07) is 3.31. The molecule has 0 aliphatic carbocycles. The highest BCUT2D eigenvalue weighted by atomic mass is 16.4. The Balaban J connectivity index is 2.30. The van der Waals surface area contributed by atoms with Crippen molar-refractivity contribution >= 4 is 46.5 Å². The molecule has 1 aromatic carbocycles. The van der Waals surface area contributed by atoms with Crippen LogP contribution in [-0.4, -0.2) is 76.9 Å². The Morgan fingerprint density at radius 2 is 1.61 bits per heavy atom. The molecular weight excluding hydrogens is 498 g/mol. The minimum Gasteiger partial charge on any atom is -0.480 e. The number of nitrogens with two attached hydrogens (primary N) is 4. The molecule has 3 unspecified atom stereocenters. The van der Waals surface area contributed by atoms with Crippen molar-refractivity contribution in [3.63, 3.8) is 0 Å². The first-order valence-electron chi connectivity index (χ1n) is 11.7. The Kier molecular flexibility index (Phi) is 11.0. The van der Waals surface area contributed by atoms with Gasteiger partial charge in [-0.15, -0.1) is 0 Å². The van der Waals surface area contributed by atoms with Gasteiger partial charge in [0.15, 0.2) is 5.96 Å². The maximum atomic E-state index is 13.2. The number of carboxylic acids is 1. The van der Waals surface area contributed by atoms with E-state index in [0.717, 1.165) is 10.9 Å². The number of hydrogen-bond acceptors (Lipinski definition) is 7. The molecule has 0 fully saturated rings. The van der Waals surface area contributed by atoms with Gasteiger partial charge in [0.05, 0.1) is 13.0 Å². The Morgan fingerprint density at radius 1 is 0.947 bits per heavy atom. The number of para-hydroxylation sites is 1. The Hall–Kier alpha value is -4.66. The van der Waals surface area contributed by atoms with Crippen LogP contribution in [-0.2, 0) is 30.4 Å². The number of rotatable bonds is 15. The molecule has 15 nitrogen and oxygen atoms in total.